The van der Waals surface area contributed by atoms with Gasteiger partial charge in [0.05, 0.1) is 4.92 Å². The molecule has 1 aliphatic heterocycles. The maximum Gasteiger partial charge on any atom is 0.294 e. The van der Waals surface area contributed by atoms with Gasteiger partial charge in [-0.1, -0.05) is 12.1 Å². The lowest BCUT2D eigenvalue weighted by atomic mass is 10.1. The Morgan fingerprint density at radius 1 is 1.39 bits per heavy atom. The van der Waals surface area contributed by atoms with Gasteiger partial charge < -0.3 is 10.6 Å². The third-order valence-electron chi connectivity index (χ3n) is 3.78. The molecule has 1 fully saturated rings. The Bertz CT molecular complexity index is 721. The SMILES string of the molecule is O=C(NC1CCCNC1)c1ccn(-c2ccccc2[N+](=O)[O-])n1. The number of carbonyl (C=O) groups is 1. The molecule has 1 amide bonds. The molecular weight excluding hydrogens is 298 g/mol. The monoisotopic (exact) mass is 315 g/mol. The van der Waals surface area contributed by atoms with Crippen molar-refractivity contribution in [2.75, 3.05) is 13.1 Å². The molecular formula is C15H17N5O3. The van der Waals surface area contributed by atoms with Crippen molar-refractivity contribution < 1.29 is 9.72 Å². The second kappa shape index (κ2) is 6.57. The maximum absolute atomic E-state index is 12.2. The molecule has 0 radical (unpaired) electrons. The van der Waals surface area contributed by atoms with Crippen LogP contribution in [0.5, 0.6) is 0 Å². The summed E-state index contributed by atoms with van der Waals surface area (Å²) in [6, 6.07) is 7.93. The zero-order valence-electron chi connectivity index (χ0n) is 12.4. The molecule has 0 spiro atoms. The van der Waals surface area contributed by atoms with E-state index in [0.717, 1.165) is 25.9 Å². The van der Waals surface area contributed by atoms with Crippen LogP contribution in [0.1, 0.15) is 23.3 Å². The highest BCUT2D eigenvalue weighted by Gasteiger charge is 2.20. The fraction of sp³-hybridized carbons (Fsp3) is 0.333. The van der Waals surface area contributed by atoms with Gasteiger partial charge >= 0.3 is 0 Å². The van der Waals surface area contributed by atoms with Crippen LogP contribution in [0, 0.1) is 10.1 Å². The molecule has 3 rings (SSSR count). The average Bonchev–Trinajstić information content (AvgIpc) is 3.06. The number of hydrogen-bond donors (Lipinski definition) is 2. The minimum atomic E-state index is -0.468. The van der Waals surface area contributed by atoms with Crippen LogP contribution in [-0.2, 0) is 0 Å². The highest BCUT2D eigenvalue weighted by molar-refractivity contribution is 5.92. The van der Waals surface area contributed by atoms with Crippen molar-refractivity contribution in [3.63, 3.8) is 0 Å². The number of para-hydroxylation sites is 2. The predicted molar refractivity (Wildman–Crippen MR) is 83.6 cm³/mol. The van der Waals surface area contributed by atoms with Gasteiger partial charge in [-0.05, 0) is 31.5 Å². The van der Waals surface area contributed by atoms with Crippen LogP contribution in [0.2, 0.25) is 0 Å². The van der Waals surface area contributed by atoms with E-state index in [0.29, 0.717) is 5.69 Å². The second-order valence-corrected chi connectivity index (χ2v) is 5.41. The van der Waals surface area contributed by atoms with Gasteiger partial charge in [0.25, 0.3) is 11.6 Å². The quantitative estimate of drug-likeness (QED) is 0.653. The Kier molecular flexibility index (Phi) is 4.33. The predicted octanol–water partition coefficient (Wildman–Crippen LogP) is 1.26. The molecule has 2 heterocycles. The molecule has 2 aromatic rings. The van der Waals surface area contributed by atoms with Crippen molar-refractivity contribution in [3.05, 3.63) is 52.3 Å². The van der Waals surface area contributed by atoms with Crippen molar-refractivity contribution in [1.29, 1.82) is 0 Å². The van der Waals surface area contributed by atoms with Gasteiger partial charge in [-0.3, -0.25) is 14.9 Å². The number of nitro benzene ring substituents is 1. The molecule has 2 N–H and O–H groups in total. The maximum atomic E-state index is 12.2. The van der Waals surface area contributed by atoms with E-state index in [1.165, 1.54) is 10.7 Å². The van der Waals surface area contributed by atoms with Gasteiger partial charge in [-0.25, -0.2) is 4.68 Å². The van der Waals surface area contributed by atoms with Crippen LogP contribution in [-0.4, -0.2) is 39.7 Å². The number of nitro groups is 1. The number of nitrogens with zero attached hydrogens (tertiary/aromatic N) is 3. The highest BCUT2D eigenvalue weighted by atomic mass is 16.6. The van der Waals surface area contributed by atoms with Gasteiger partial charge in [0.15, 0.2) is 5.69 Å². The van der Waals surface area contributed by atoms with Gasteiger partial charge in [-0.15, -0.1) is 0 Å². The molecule has 1 atom stereocenters. The minimum Gasteiger partial charge on any atom is -0.347 e. The average molecular weight is 315 g/mol. The van der Waals surface area contributed by atoms with Gasteiger partial charge in [0, 0.05) is 24.8 Å². The summed E-state index contributed by atoms with van der Waals surface area (Å²) >= 11 is 0. The lowest BCUT2D eigenvalue weighted by Gasteiger charge is -2.23. The van der Waals surface area contributed by atoms with Crippen LogP contribution >= 0.6 is 0 Å². The largest absolute Gasteiger partial charge is 0.347 e. The van der Waals surface area contributed by atoms with Crippen LogP contribution in [0.15, 0.2) is 36.5 Å². The number of piperidine rings is 1. The number of hydrogen-bond acceptors (Lipinski definition) is 5. The molecule has 120 valence electrons. The summed E-state index contributed by atoms with van der Waals surface area (Å²) in [6.45, 7) is 1.72. The molecule has 8 nitrogen and oxygen atoms in total. The van der Waals surface area contributed by atoms with E-state index in [9.17, 15) is 14.9 Å². The normalized spacial score (nSPS) is 17.7. The molecule has 23 heavy (non-hydrogen) atoms. The smallest absolute Gasteiger partial charge is 0.294 e. The zero-order chi connectivity index (χ0) is 16.2. The standard InChI is InChI=1S/C15H17N5O3/c21-15(17-11-4-3-8-16-10-11)12-7-9-19(18-12)13-5-1-2-6-14(13)20(22)23/h1-2,5-7,9,11,16H,3-4,8,10H2,(H,17,21). The Labute approximate surface area is 132 Å². The number of aromatic nitrogens is 2. The first kappa shape index (κ1) is 15.2. The summed E-state index contributed by atoms with van der Waals surface area (Å²) in [5.74, 6) is -0.268. The third kappa shape index (κ3) is 3.37. The zero-order valence-corrected chi connectivity index (χ0v) is 12.4. The lowest BCUT2D eigenvalue weighted by Crippen LogP contribution is -2.45. The molecule has 0 bridgehead atoms. The summed E-state index contributed by atoms with van der Waals surface area (Å²) in [5, 5.41) is 21.4. The number of amides is 1. The number of rotatable bonds is 4. The Morgan fingerprint density at radius 3 is 2.96 bits per heavy atom. The molecule has 8 heteroatoms. The summed E-state index contributed by atoms with van der Waals surface area (Å²) in [6.07, 6.45) is 3.51. The molecule has 0 saturated carbocycles. The lowest BCUT2D eigenvalue weighted by molar-refractivity contribution is -0.384. The molecule has 1 aromatic carbocycles. The fourth-order valence-corrected chi connectivity index (χ4v) is 2.63. The minimum absolute atomic E-state index is 0.0564. The van der Waals surface area contributed by atoms with Crippen molar-refractivity contribution in [2.24, 2.45) is 0 Å². The van der Waals surface area contributed by atoms with E-state index in [1.807, 2.05) is 0 Å². The van der Waals surface area contributed by atoms with E-state index < -0.39 is 4.92 Å². The van der Waals surface area contributed by atoms with E-state index in [2.05, 4.69) is 15.7 Å². The van der Waals surface area contributed by atoms with E-state index >= 15 is 0 Å². The first-order valence-corrected chi connectivity index (χ1v) is 7.46. The second-order valence-electron chi connectivity index (χ2n) is 5.41. The highest BCUT2D eigenvalue weighted by Crippen LogP contribution is 2.21. The first-order valence-electron chi connectivity index (χ1n) is 7.46. The Morgan fingerprint density at radius 2 is 2.22 bits per heavy atom. The fourth-order valence-electron chi connectivity index (χ4n) is 2.63. The molecule has 1 aliphatic rings. The van der Waals surface area contributed by atoms with Crippen LogP contribution in [0.25, 0.3) is 5.69 Å². The number of carbonyl (C=O) groups excluding carboxylic acids is 1. The summed E-state index contributed by atoms with van der Waals surface area (Å²) in [4.78, 5) is 22.8. The van der Waals surface area contributed by atoms with E-state index in [1.54, 1.807) is 30.5 Å². The van der Waals surface area contributed by atoms with Crippen LogP contribution < -0.4 is 10.6 Å². The van der Waals surface area contributed by atoms with Crippen LogP contribution in [0.3, 0.4) is 0 Å². The summed E-state index contributed by atoms with van der Waals surface area (Å²) in [5.41, 5.74) is 0.517. The van der Waals surface area contributed by atoms with Crippen molar-refractivity contribution in [3.8, 4) is 5.69 Å². The summed E-state index contributed by atoms with van der Waals surface area (Å²) < 4.78 is 1.35. The van der Waals surface area contributed by atoms with Gasteiger partial charge in [0.2, 0.25) is 0 Å². The van der Waals surface area contributed by atoms with Gasteiger partial charge in [0.1, 0.15) is 5.69 Å². The van der Waals surface area contributed by atoms with Crippen molar-refractivity contribution >= 4 is 11.6 Å². The molecule has 1 unspecified atom stereocenters. The number of nitrogens with one attached hydrogen (secondary N) is 2. The first-order chi connectivity index (χ1) is 11.1. The van der Waals surface area contributed by atoms with Crippen molar-refractivity contribution in [1.82, 2.24) is 20.4 Å². The van der Waals surface area contributed by atoms with E-state index in [4.69, 9.17) is 0 Å². The van der Waals surface area contributed by atoms with Gasteiger partial charge in [-0.2, -0.15) is 5.10 Å². The van der Waals surface area contributed by atoms with E-state index in [-0.39, 0.29) is 23.3 Å². The van der Waals surface area contributed by atoms with Crippen LogP contribution in [0.4, 0.5) is 5.69 Å². The third-order valence-corrected chi connectivity index (χ3v) is 3.78. The molecule has 0 aliphatic carbocycles. The number of benzene rings is 1. The topological polar surface area (TPSA) is 102 Å². The van der Waals surface area contributed by atoms with Crippen molar-refractivity contribution in [2.45, 2.75) is 18.9 Å². The molecule has 1 saturated heterocycles. The summed E-state index contributed by atoms with van der Waals surface area (Å²) in [7, 11) is 0. The Hall–Kier alpha value is -2.74. The molecule has 1 aromatic heterocycles. The Balaban J connectivity index is 1.78.